The molecule has 0 aromatic carbocycles. The number of nitrogens with one attached hydrogen (secondary N) is 1. The number of thiophene rings is 1. The van der Waals surface area contributed by atoms with E-state index in [0.717, 1.165) is 28.3 Å². The summed E-state index contributed by atoms with van der Waals surface area (Å²) >= 11 is 7.74. The number of aliphatic imine (C=N–C) groups is 1. The molecule has 0 bridgehead atoms. The number of nitrogens with zero attached hydrogens (tertiary/aromatic N) is 1. The highest BCUT2D eigenvalue weighted by Gasteiger charge is 2.48. The highest BCUT2D eigenvalue weighted by atomic mass is 35.5. The van der Waals surface area contributed by atoms with Crippen LogP contribution in [0.3, 0.4) is 0 Å². The molecule has 3 atom stereocenters. The zero-order valence-electron chi connectivity index (χ0n) is 13.6. The van der Waals surface area contributed by atoms with Crippen molar-refractivity contribution in [3.63, 3.8) is 0 Å². The van der Waals surface area contributed by atoms with Gasteiger partial charge in [-0.2, -0.15) is 13.2 Å². The lowest BCUT2D eigenvalue weighted by molar-refractivity contribution is -0.0929. The minimum absolute atomic E-state index is 0.114. The van der Waals surface area contributed by atoms with Gasteiger partial charge in [0.25, 0.3) is 0 Å². The zero-order chi connectivity index (χ0) is 17.8. The van der Waals surface area contributed by atoms with E-state index in [9.17, 15) is 13.2 Å². The van der Waals surface area contributed by atoms with Crippen LogP contribution in [0.1, 0.15) is 36.6 Å². The molecule has 3 aliphatic rings. The lowest BCUT2D eigenvalue weighted by Crippen LogP contribution is -2.55. The van der Waals surface area contributed by atoms with E-state index in [2.05, 4.69) is 10.3 Å². The Morgan fingerprint density at radius 3 is 2.92 bits per heavy atom. The highest BCUT2D eigenvalue weighted by molar-refractivity contribution is 7.16. The topological polar surface area (TPSA) is 33.6 Å². The first-order valence-corrected chi connectivity index (χ1v) is 9.48. The maximum absolute atomic E-state index is 12.9. The molecule has 1 N–H and O–H groups in total. The summed E-state index contributed by atoms with van der Waals surface area (Å²) in [5, 5.41) is 3.40. The average Bonchev–Trinajstić information content (AvgIpc) is 3.13. The van der Waals surface area contributed by atoms with Crippen LogP contribution in [-0.2, 0) is 16.8 Å². The van der Waals surface area contributed by atoms with E-state index in [4.69, 9.17) is 16.3 Å². The summed E-state index contributed by atoms with van der Waals surface area (Å²) in [6, 6.07) is 1.87. The van der Waals surface area contributed by atoms with Crippen LogP contribution in [0.2, 0.25) is 4.34 Å². The largest absolute Gasteiger partial charge is 0.414 e. The molecule has 0 amide bonds. The van der Waals surface area contributed by atoms with Gasteiger partial charge in [-0.05, 0) is 31.4 Å². The summed E-state index contributed by atoms with van der Waals surface area (Å²) in [6.07, 6.45) is -1.33. The summed E-state index contributed by atoms with van der Waals surface area (Å²) in [5.74, 6) is 0. The zero-order valence-corrected chi connectivity index (χ0v) is 15.2. The molecule has 1 spiro atoms. The van der Waals surface area contributed by atoms with Crippen LogP contribution in [0.15, 0.2) is 22.8 Å². The third-order valence-electron chi connectivity index (χ3n) is 5.12. The summed E-state index contributed by atoms with van der Waals surface area (Å²) < 4.78 is 45.7. The van der Waals surface area contributed by atoms with Crippen LogP contribution in [0, 0.1) is 0 Å². The van der Waals surface area contributed by atoms with Crippen molar-refractivity contribution in [3.05, 3.63) is 32.6 Å². The Hall–Kier alpha value is -0.890. The smallest absolute Gasteiger partial charge is 0.369 e. The number of halogens is 4. The molecule has 1 saturated heterocycles. The molecule has 25 heavy (non-hydrogen) atoms. The minimum Gasteiger partial charge on any atom is -0.369 e. The first-order chi connectivity index (χ1) is 11.8. The van der Waals surface area contributed by atoms with Gasteiger partial charge in [0.2, 0.25) is 0 Å². The van der Waals surface area contributed by atoms with Gasteiger partial charge >= 0.3 is 6.18 Å². The normalized spacial score (nSPS) is 32.5. The Morgan fingerprint density at radius 2 is 2.20 bits per heavy atom. The molecular weight excluding hydrogens is 373 g/mol. The molecular formula is C17H18ClF3N2OS. The number of ether oxygens (including phenoxy) is 1. The second kappa shape index (κ2) is 6.08. The van der Waals surface area contributed by atoms with Crippen LogP contribution in [0.5, 0.6) is 0 Å². The van der Waals surface area contributed by atoms with E-state index < -0.39 is 17.4 Å². The van der Waals surface area contributed by atoms with Crippen LogP contribution in [-0.4, -0.2) is 30.6 Å². The molecule has 3 unspecified atom stereocenters. The second-order valence-electron chi connectivity index (χ2n) is 6.98. The molecule has 1 aromatic heterocycles. The van der Waals surface area contributed by atoms with E-state index in [1.165, 1.54) is 16.9 Å². The molecule has 136 valence electrons. The van der Waals surface area contributed by atoms with Crippen molar-refractivity contribution < 1.29 is 17.9 Å². The number of allylic oxidation sites excluding steroid dienone is 1. The maximum Gasteiger partial charge on any atom is 0.414 e. The summed E-state index contributed by atoms with van der Waals surface area (Å²) in [6.45, 7) is 2.65. The van der Waals surface area contributed by atoms with E-state index >= 15 is 0 Å². The van der Waals surface area contributed by atoms with Crippen molar-refractivity contribution in [1.82, 2.24) is 5.32 Å². The summed E-state index contributed by atoms with van der Waals surface area (Å²) in [5.41, 5.74) is 0.679. The number of alkyl halides is 3. The fourth-order valence-corrected chi connectivity index (χ4v) is 5.57. The molecule has 0 radical (unpaired) electrons. The number of piperidine rings is 1. The van der Waals surface area contributed by atoms with Crippen molar-refractivity contribution in [3.8, 4) is 0 Å². The Balaban J connectivity index is 1.60. The quantitative estimate of drug-likeness (QED) is 0.760. The van der Waals surface area contributed by atoms with Gasteiger partial charge in [0.15, 0.2) is 0 Å². The van der Waals surface area contributed by atoms with Crippen molar-refractivity contribution in [2.24, 2.45) is 4.99 Å². The van der Waals surface area contributed by atoms with Crippen LogP contribution in [0.4, 0.5) is 13.2 Å². The lowest BCUT2D eigenvalue weighted by atomic mass is 9.78. The van der Waals surface area contributed by atoms with Gasteiger partial charge in [-0.15, -0.1) is 11.3 Å². The predicted octanol–water partition coefficient (Wildman–Crippen LogP) is 4.60. The van der Waals surface area contributed by atoms with Gasteiger partial charge in [0, 0.05) is 41.7 Å². The van der Waals surface area contributed by atoms with E-state index in [-0.39, 0.29) is 18.5 Å². The molecule has 3 aliphatic heterocycles. The van der Waals surface area contributed by atoms with Crippen molar-refractivity contribution >= 4 is 28.6 Å². The van der Waals surface area contributed by atoms with Gasteiger partial charge in [0.05, 0.1) is 16.5 Å². The highest BCUT2D eigenvalue weighted by Crippen LogP contribution is 2.48. The molecule has 1 fully saturated rings. The molecule has 1 aromatic rings. The molecule has 3 nitrogen and oxygen atoms in total. The number of hydrogen-bond acceptors (Lipinski definition) is 4. The molecule has 0 aliphatic carbocycles. The van der Waals surface area contributed by atoms with E-state index in [1.807, 2.05) is 13.0 Å². The fraction of sp³-hybridized carbons (Fsp3) is 0.588. The maximum atomic E-state index is 12.9. The number of fused-ring (bicyclic) bond motifs is 2. The van der Waals surface area contributed by atoms with Crippen molar-refractivity contribution in [2.45, 2.75) is 56.5 Å². The van der Waals surface area contributed by atoms with Gasteiger partial charge in [-0.25, -0.2) is 0 Å². The van der Waals surface area contributed by atoms with Crippen LogP contribution < -0.4 is 5.32 Å². The van der Waals surface area contributed by atoms with Crippen LogP contribution >= 0.6 is 22.9 Å². The van der Waals surface area contributed by atoms with Gasteiger partial charge in [-0.1, -0.05) is 11.6 Å². The monoisotopic (exact) mass is 390 g/mol. The first-order valence-electron chi connectivity index (χ1n) is 8.28. The van der Waals surface area contributed by atoms with Gasteiger partial charge < -0.3 is 10.1 Å². The Labute approximate surface area is 152 Å². The third kappa shape index (κ3) is 3.16. The molecule has 0 saturated carbocycles. The summed E-state index contributed by atoms with van der Waals surface area (Å²) in [4.78, 5) is 5.20. The van der Waals surface area contributed by atoms with Gasteiger partial charge in [-0.3, -0.25) is 4.99 Å². The predicted molar refractivity (Wildman–Crippen MR) is 92.5 cm³/mol. The lowest BCUT2D eigenvalue weighted by Gasteiger charge is -2.46. The number of hydrogen-bond donors (Lipinski definition) is 1. The molecule has 4 rings (SSSR count). The Morgan fingerprint density at radius 1 is 1.40 bits per heavy atom. The number of rotatable bonds is 1. The van der Waals surface area contributed by atoms with E-state index in [1.54, 1.807) is 0 Å². The SMILES string of the molecule is CC1CC2(CC(C3=NC=C(C(F)(F)F)C3)N1)OCCc1cc(Cl)sc12. The molecule has 4 heterocycles. The Bertz CT molecular complexity index is 758. The summed E-state index contributed by atoms with van der Waals surface area (Å²) in [7, 11) is 0. The van der Waals surface area contributed by atoms with Gasteiger partial charge in [0.1, 0.15) is 5.60 Å². The second-order valence-corrected chi connectivity index (χ2v) is 8.66. The third-order valence-corrected chi connectivity index (χ3v) is 6.61. The molecule has 8 heteroatoms. The van der Waals surface area contributed by atoms with E-state index in [0.29, 0.717) is 18.7 Å². The van der Waals surface area contributed by atoms with Crippen molar-refractivity contribution in [2.75, 3.05) is 6.61 Å². The van der Waals surface area contributed by atoms with Crippen molar-refractivity contribution in [1.29, 1.82) is 0 Å². The average molecular weight is 391 g/mol. The minimum atomic E-state index is -4.32. The standard InChI is InChI=1S/C17H18ClF3N2OS/c1-9-6-16(15-10(2-3-24-16)4-14(18)25-15)7-13(23-9)12-5-11(8-22-12)17(19,20)21/h4,8-9,13,23H,2-3,5-7H2,1H3. The fourth-order valence-electron chi connectivity index (χ4n) is 4.11. The first kappa shape index (κ1) is 17.5. The van der Waals surface area contributed by atoms with Crippen LogP contribution in [0.25, 0.3) is 0 Å². The Kier molecular flexibility index (Phi) is 4.26.